The van der Waals surface area contributed by atoms with Crippen molar-refractivity contribution in [1.82, 2.24) is 25.3 Å². The fourth-order valence-corrected chi connectivity index (χ4v) is 1.69. The lowest BCUT2D eigenvalue weighted by atomic mass is 10.2. The Bertz CT molecular complexity index is 610. The van der Waals surface area contributed by atoms with Gasteiger partial charge in [-0.3, -0.25) is 14.6 Å². The van der Waals surface area contributed by atoms with Crippen LogP contribution in [0, 0.1) is 0 Å². The quantitative estimate of drug-likeness (QED) is 0.778. The molecule has 8 nitrogen and oxygen atoms in total. The van der Waals surface area contributed by atoms with E-state index in [-0.39, 0.29) is 18.4 Å². The van der Waals surface area contributed by atoms with Gasteiger partial charge in [0.05, 0.1) is 6.20 Å². The van der Waals surface area contributed by atoms with Crippen molar-refractivity contribution in [3.8, 4) is 0 Å². The Balaban J connectivity index is 1.74. The van der Waals surface area contributed by atoms with Gasteiger partial charge in [-0.25, -0.2) is 0 Å². The fraction of sp³-hybridized carbons (Fsp3) is 0.308. The molecule has 110 valence electrons. The van der Waals surface area contributed by atoms with Crippen LogP contribution in [0.5, 0.6) is 0 Å². The molecule has 2 aromatic rings. The van der Waals surface area contributed by atoms with Gasteiger partial charge in [-0.2, -0.15) is 9.90 Å². The number of nitrogens with zero attached hydrogens (tertiary/aromatic N) is 4. The first-order valence-corrected chi connectivity index (χ1v) is 6.47. The zero-order chi connectivity index (χ0) is 15.1. The minimum atomic E-state index is -0.233. The molecule has 2 N–H and O–H groups in total. The lowest BCUT2D eigenvalue weighted by molar-refractivity contribution is -0.122. The maximum absolute atomic E-state index is 11.7. The lowest BCUT2D eigenvalue weighted by Crippen LogP contribution is -2.30. The van der Waals surface area contributed by atoms with E-state index in [1.807, 2.05) is 12.1 Å². The zero-order valence-electron chi connectivity index (χ0n) is 11.6. The molecule has 0 aliphatic rings. The molecule has 0 spiro atoms. The molecule has 0 unspecified atom stereocenters. The van der Waals surface area contributed by atoms with E-state index >= 15 is 0 Å². The molecule has 0 radical (unpaired) electrons. The first-order chi connectivity index (χ1) is 10.1. The SMILES string of the molecule is CC(=O)Nc1cnn(CC(=O)NCCc2cccnc2)n1. The van der Waals surface area contributed by atoms with Gasteiger partial charge < -0.3 is 10.6 Å². The second-order valence-corrected chi connectivity index (χ2v) is 4.40. The molecule has 0 bridgehead atoms. The first-order valence-electron chi connectivity index (χ1n) is 6.47. The minimum Gasteiger partial charge on any atom is -0.354 e. The molecule has 8 heteroatoms. The number of anilines is 1. The maximum Gasteiger partial charge on any atom is 0.243 e. The van der Waals surface area contributed by atoms with E-state index in [0.29, 0.717) is 18.8 Å². The van der Waals surface area contributed by atoms with Crippen LogP contribution in [0.2, 0.25) is 0 Å². The average Bonchev–Trinajstić information content (AvgIpc) is 2.86. The van der Waals surface area contributed by atoms with E-state index < -0.39 is 0 Å². The molecule has 0 fully saturated rings. The summed E-state index contributed by atoms with van der Waals surface area (Å²) >= 11 is 0. The molecule has 2 aromatic heterocycles. The zero-order valence-corrected chi connectivity index (χ0v) is 11.6. The van der Waals surface area contributed by atoms with Gasteiger partial charge >= 0.3 is 0 Å². The highest BCUT2D eigenvalue weighted by molar-refractivity contribution is 5.87. The molecular formula is C13H16N6O2. The number of pyridine rings is 1. The molecule has 0 atom stereocenters. The summed E-state index contributed by atoms with van der Waals surface area (Å²) in [6.45, 7) is 1.90. The Morgan fingerprint density at radius 2 is 2.19 bits per heavy atom. The Morgan fingerprint density at radius 3 is 2.90 bits per heavy atom. The molecule has 2 amide bonds. The van der Waals surface area contributed by atoms with Gasteiger partial charge in [0.15, 0.2) is 5.82 Å². The number of amides is 2. The van der Waals surface area contributed by atoms with Crippen LogP contribution < -0.4 is 10.6 Å². The maximum atomic E-state index is 11.7. The van der Waals surface area contributed by atoms with Crippen molar-refractivity contribution in [2.24, 2.45) is 0 Å². The highest BCUT2D eigenvalue weighted by atomic mass is 16.2. The molecule has 2 heterocycles. The number of hydrogen-bond acceptors (Lipinski definition) is 5. The summed E-state index contributed by atoms with van der Waals surface area (Å²) < 4.78 is 0. The summed E-state index contributed by atoms with van der Waals surface area (Å²) in [5, 5.41) is 13.1. The second kappa shape index (κ2) is 7.13. The third-order valence-corrected chi connectivity index (χ3v) is 2.58. The van der Waals surface area contributed by atoms with Crippen molar-refractivity contribution in [2.75, 3.05) is 11.9 Å². The number of nitrogens with one attached hydrogen (secondary N) is 2. The van der Waals surface area contributed by atoms with Crippen LogP contribution in [0.3, 0.4) is 0 Å². The van der Waals surface area contributed by atoms with Crippen molar-refractivity contribution in [3.05, 3.63) is 36.3 Å². The molecule has 2 rings (SSSR count). The molecule has 0 saturated carbocycles. The Kier molecular flexibility index (Phi) is 4.97. The normalized spacial score (nSPS) is 10.1. The summed E-state index contributed by atoms with van der Waals surface area (Å²) in [6, 6.07) is 3.81. The van der Waals surface area contributed by atoms with Gasteiger partial charge in [0, 0.05) is 25.9 Å². The fourth-order valence-electron chi connectivity index (χ4n) is 1.69. The van der Waals surface area contributed by atoms with Crippen LogP contribution >= 0.6 is 0 Å². The van der Waals surface area contributed by atoms with E-state index in [4.69, 9.17) is 0 Å². The van der Waals surface area contributed by atoms with E-state index in [1.165, 1.54) is 17.9 Å². The summed E-state index contributed by atoms with van der Waals surface area (Å²) in [6.07, 6.45) is 5.58. The number of carbonyl (C=O) groups is 2. The smallest absolute Gasteiger partial charge is 0.243 e. The van der Waals surface area contributed by atoms with Gasteiger partial charge in [0.1, 0.15) is 6.54 Å². The molecule has 0 aliphatic carbocycles. The molecular weight excluding hydrogens is 272 g/mol. The standard InChI is InChI=1S/C13H16N6O2/c1-10(20)17-12-8-16-19(18-12)9-13(21)15-6-4-11-3-2-5-14-7-11/h2-3,5,7-8H,4,6,9H2,1H3,(H,15,21)(H,17,18,20). The van der Waals surface area contributed by atoms with Crippen molar-refractivity contribution in [2.45, 2.75) is 19.9 Å². The van der Waals surface area contributed by atoms with Crippen molar-refractivity contribution >= 4 is 17.6 Å². The number of carbonyl (C=O) groups excluding carboxylic acids is 2. The Labute approximate surface area is 121 Å². The largest absolute Gasteiger partial charge is 0.354 e. The third kappa shape index (κ3) is 5.01. The van der Waals surface area contributed by atoms with Crippen LogP contribution in [-0.4, -0.2) is 38.3 Å². The van der Waals surface area contributed by atoms with Gasteiger partial charge in [-0.1, -0.05) is 6.07 Å². The Morgan fingerprint density at radius 1 is 1.33 bits per heavy atom. The summed E-state index contributed by atoms with van der Waals surface area (Å²) in [5.74, 6) is -0.0995. The van der Waals surface area contributed by atoms with Gasteiger partial charge in [0.25, 0.3) is 0 Å². The second-order valence-electron chi connectivity index (χ2n) is 4.40. The predicted molar refractivity (Wildman–Crippen MR) is 75.3 cm³/mol. The van der Waals surface area contributed by atoms with Crippen molar-refractivity contribution in [1.29, 1.82) is 0 Å². The number of rotatable bonds is 6. The highest BCUT2D eigenvalue weighted by Crippen LogP contribution is 1.98. The summed E-state index contributed by atoms with van der Waals surface area (Å²) in [5.41, 5.74) is 1.06. The molecule has 0 aliphatic heterocycles. The molecule has 21 heavy (non-hydrogen) atoms. The van der Waals surface area contributed by atoms with Gasteiger partial charge in [0.2, 0.25) is 11.8 Å². The van der Waals surface area contributed by atoms with E-state index in [9.17, 15) is 9.59 Å². The highest BCUT2D eigenvalue weighted by Gasteiger charge is 2.06. The Hall–Kier alpha value is -2.77. The van der Waals surface area contributed by atoms with Gasteiger partial charge in [-0.05, 0) is 18.1 Å². The average molecular weight is 288 g/mol. The van der Waals surface area contributed by atoms with Crippen LogP contribution in [-0.2, 0) is 22.6 Å². The molecule has 0 saturated heterocycles. The monoisotopic (exact) mass is 288 g/mol. The predicted octanol–water partition coefficient (Wildman–Crippen LogP) is -0.00960. The summed E-state index contributed by atoms with van der Waals surface area (Å²) in [7, 11) is 0. The van der Waals surface area contributed by atoms with Crippen LogP contribution in [0.25, 0.3) is 0 Å². The van der Waals surface area contributed by atoms with Crippen LogP contribution in [0.4, 0.5) is 5.82 Å². The topological polar surface area (TPSA) is 102 Å². The van der Waals surface area contributed by atoms with Crippen molar-refractivity contribution in [3.63, 3.8) is 0 Å². The van der Waals surface area contributed by atoms with E-state index in [2.05, 4.69) is 25.8 Å². The third-order valence-electron chi connectivity index (χ3n) is 2.58. The number of aromatic nitrogens is 4. The summed E-state index contributed by atoms with van der Waals surface area (Å²) in [4.78, 5) is 27.8. The minimum absolute atomic E-state index is 0.00657. The van der Waals surface area contributed by atoms with Crippen LogP contribution in [0.15, 0.2) is 30.7 Å². The van der Waals surface area contributed by atoms with Gasteiger partial charge in [-0.15, -0.1) is 5.10 Å². The lowest BCUT2D eigenvalue weighted by Gasteiger charge is -2.04. The first kappa shape index (κ1) is 14.6. The van der Waals surface area contributed by atoms with E-state index in [0.717, 1.165) is 5.56 Å². The number of hydrogen-bond donors (Lipinski definition) is 2. The van der Waals surface area contributed by atoms with Crippen LogP contribution in [0.1, 0.15) is 12.5 Å². The molecule has 0 aromatic carbocycles. The van der Waals surface area contributed by atoms with E-state index in [1.54, 1.807) is 12.4 Å². The van der Waals surface area contributed by atoms with Crippen molar-refractivity contribution < 1.29 is 9.59 Å².